The number of nitrogens with zero attached hydrogens (tertiary/aromatic N) is 5. The Bertz CT molecular complexity index is 989. The van der Waals surface area contributed by atoms with Crippen molar-refractivity contribution in [2.24, 2.45) is 0 Å². The van der Waals surface area contributed by atoms with Crippen LogP contribution in [0.15, 0.2) is 12.1 Å². The van der Waals surface area contributed by atoms with Gasteiger partial charge in [-0.15, -0.1) is 0 Å². The van der Waals surface area contributed by atoms with Crippen molar-refractivity contribution in [1.29, 1.82) is 5.26 Å². The number of nitro benzene ring substituents is 1. The number of halogens is 1. The minimum Gasteiger partial charge on any atom is -0.367 e. The predicted molar refractivity (Wildman–Crippen MR) is 123 cm³/mol. The third kappa shape index (κ3) is 6.86. The van der Waals surface area contributed by atoms with Crippen molar-refractivity contribution in [3.63, 3.8) is 0 Å². The number of carbonyl (C=O) groups excluding carboxylic acids is 1. The van der Waals surface area contributed by atoms with Crippen LogP contribution in [0.4, 0.5) is 11.4 Å². The van der Waals surface area contributed by atoms with Crippen molar-refractivity contribution in [3.05, 3.63) is 33.4 Å². The molecular weight excluding hydrogens is 506 g/mol. The molecule has 0 unspecified atom stereocenters. The van der Waals surface area contributed by atoms with E-state index < -0.39 is 26.6 Å². The van der Waals surface area contributed by atoms with E-state index in [1.54, 1.807) is 9.80 Å². The fourth-order valence-corrected chi connectivity index (χ4v) is 4.25. The number of alkyl halides is 1. The van der Waals surface area contributed by atoms with Gasteiger partial charge in [0.15, 0.2) is 0 Å². The van der Waals surface area contributed by atoms with Crippen molar-refractivity contribution in [3.8, 4) is 6.07 Å². The summed E-state index contributed by atoms with van der Waals surface area (Å²) in [5, 5.41) is 21.7. The fraction of sp³-hybridized carbons (Fsp3) is 0.579. The number of hydrogen-bond donors (Lipinski definition) is 0. The lowest BCUT2D eigenvalue weighted by Gasteiger charge is -2.34. The molecule has 0 saturated carbocycles. The molecule has 32 heavy (non-hydrogen) atoms. The molecule has 0 bridgehead atoms. The normalized spacial score (nSPS) is 14.8. The lowest BCUT2D eigenvalue weighted by Crippen LogP contribution is -2.48. The quantitative estimate of drug-likeness (QED) is 0.190. The highest BCUT2D eigenvalue weighted by Crippen LogP contribution is 2.31. The molecule has 176 valence electrons. The first-order valence-electron chi connectivity index (χ1n) is 10.0. The molecule has 1 aromatic rings. The van der Waals surface area contributed by atoms with Crippen molar-refractivity contribution in [2.75, 3.05) is 68.9 Å². The summed E-state index contributed by atoms with van der Waals surface area (Å²) in [5.74, 6) is -0.468. The second-order valence-corrected chi connectivity index (χ2v) is 9.62. The van der Waals surface area contributed by atoms with Crippen molar-refractivity contribution >= 4 is 43.3 Å². The Morgan fingerprint density at radius 3 is 2.47 bits per heavy atom. The highest BCUT2D eigenvalue weighted by molar-refractivity contribution is 9.09. The lowest BCUT2D eigenvalue weighted by atomic mass is 10.0. The second kappa shape index (κ2) is 11.6. The van der Waals surface area contributed by atoms with Crippen LogP contribution in [-0.2, 0) is 14.3 Å². The molecule has 1 heterocycles. The third-order valence-corrected chi connectivity index (χ3v) is 6.07. The molecule has 1 aliphatic heterocycles. The zero-order valence-electron chi connectivity index (χ0n) is 18.0. The van der Waals surface area contributed by atoms with E-state index in [1.807, 2.05) is 13.0 Å². The van der Waals surface area contributed by atoms with Gasteiger partial charge in [-0.1, -0.05) is 22.9 Å². The van der Waals surface area contributed by atoms with Gasteiger partial charge in [-0.2, -0.15) is 13.7 Å². The summed E-state index contributed by atoms with van der Waals surface area (Å²) in [7, 11) is -3.65. The van der Waals surface area contributed by atoms with Gasteiger partial charge in [-0.05, 0) is 12.6 Å². The summed E-state index contributed by atoms with van der Waals surface area (Å²) in [6.45, 7) is 5.45. The number of benzene rings is 1. The Morgan fingerprint density at radius 2 is 1.97 bits per heavy atom. The largest absolute Gasteiger partial charge is 0.367 e. The lowest BCUT2D eigenvalue weighted by molar-refractivity contribution is -0.385. The Balaban J connectivity index is 2.43. The van der Waals surface area contributed by atoms with Crippen LogP contribution in [0.3, 0.4) is 0 Å². The van der Waals surface area contributed by atoms with E-state index in [2.05, 4.69) is 20.8 Å². The van der Waals surface area contributed by atoms with E-state index in [0.29, 0.717) is 43.7 Å². The van der Waals surface area contributed by atoms with Gasteiger partial charge in [0, 0.05) is 50.7 Å². The molecule has 0 atom stereocenters. The van der Waals surface area contributed by atoms with Crippen molar-refractivity contribution in [1.82, 2.24) is 9.80 Å². The van der Waals surface area contributed by atoms with Crippen LogP contribution in [0.1, 0.15) is 22.8 Å². The van der Waals surface area contributed by atoms with E-state index >= 15 is 0 Å². The Morgan fingerprint density at radius 1 is 1.31 bits per heavy atom. The number of amides is 1. The van der Waals surface area contributed by atoms with Crippen LogP contribution in [-0.4, -0.2) is 93.1 Å². The van der Waals surface area contributed by atoms with E-state index in [9.17, 15) is 28.6 Å². The first kappa shape index (κ1) is 26.0. The van der Waals surface area contributed by atoms with Crippen molar-refractivity contribution < 1.29 is 22.3 Å². The molecule has 11 nitrogen and oxygen atoms in total. The number of nitro groups is 1. The number of rotatable bonds is 10. The Labute approximate surface area is 195 Å². The summed E-state index contributed by atoms with van der Waals surface area (Å²) in [4.78, 5) is 29.6. The predicted octanol–water partition coefficient (Wildman–Crippen LogP) is 1.42. The van der Waals surface area contributed by atoms with Gasteiger partial charge in [0.2, 0.25) is 0 Å². The van der Waals surface area contributed by atoms with Crippen LogP contribution in [0.2, 0.25) is 0 Å². The summed E-state index contributed by atoms with van der Waals surface area (Å²) >= 11 is 3.31. The summed E-state index contributed by atoms with van der Waals surface area (Å²) < 4.78 is 27.4. The highest BCUT2D eigenvalue weighted by atomic mass is 79.9. The van der Waals surface area contributed by atoms with Gasteiger partial charge in [0.25, 0.3) is 21.7 Å². The van der Waals surface area contributed by atoms with E-state index in [0.717, 1.165) is 18.9 Å². The van der Waals surface area contributed by atoms with Crippen LogP contribution in [0, 0.1) is 21.4 Å². The number of hydrogen-bond acceptors (Lipinski definition) is 9. The number of carbonyl (C=O) groups is 1. The van der Waals surface area contributed by atoms with E-state index in [4.69, 9.17) is 4.18 Å². The standard InChI is InChI=1S/C19H26BrN5O6S/c1-3-22-6-8-24(9-7-22)19(26)16-13-17(15(14-21)12-18(16)25(27)28)23(5-4-20)10-11-31-32(2,29)30/h12-13H,3-11H2,1-2H3. The minimum absolute atomic E-state index is 0.0179. The number of anilines is 1. The molecular formula is C19H26BrN5O6S. The molecule has 0 radical (unpaired) electrons. The van der Waals surface area contributed by atoms with Crippen molar-refractivity contribution in [2.45, 2.75) is 6.92 Å². The van der Waals surface area contributed by atoms with Gasteiger partial charge >= 0.3 is 0 Å². The molecule has 0 N–H and O–H groups in total. The molecule has 0 aliphatic carbocycles. The Kier molecular flexibility index (Phi) is 9.38. The van der Waals surface area contributed by atoms with Gasteiger partial charge in [0.05, 0.1) is 29.0 Å². The van der Waals surface area contributed by atoms with E-state index in [-0.39, 0.29) is 24.3 Å². The maximum Gasteiger partial charge on any atom is 0.283 e. The van der Waals surface area contributed by atoms with Crippen LogP contribution in [0.5, 0.6) is 0 Å². The molecule has 1 aromatic carbocycles. The maximum absolute atomic E-state index is 13.2. The molecule has 13 heteroatoms. The fourth-order valence-electron chi connectivity index (χ4n) is 3.44. The minimum atomic E-state index is -3.65. The zero-order valence-corrected chi connectivity index (χ0v) is 20.4. The highest BCUT2D eigenvalue weighted by Gasteiger charge is 2.30. The summed E-state index contributed by atoms with van der Waals surface area (Å²) in [6.07, 6.45) is 0.934. The number of nitriles is 1. The van der Waals surface area contributed by atoms with Gasteiger partial charge in [0.1, 0.15) is 11.6 Å². The van der Waals surface area contributed by atoms with E-state index in [1.165, 1.54) is 6.07 Å². The zero-order chi connectivity index (χ0) is 23.9. The topological polar surface area (TPSA) is 137 Å². The summed E-state index contributed by atoms with van der Waals surface area (Å²) in [6, 6.07) is 4.40. The first-order chi connectivity index (χ1) is 15.1. The average Bonchev–Trinajstić information content (AvgIpc) is 2.76. The molecule has 1 amide bonds. The molecule has 0 aromatic heterocycles. The molecule has 2 rings (SSSR count). The summed E-state index contributed by atoms with van der Waals surface area (Å²) in [5.41, 5.74) is -0.202. The monoisotopic (exact) mass is 531 g/mol. The van der Waals surface area contributed by atoms with Crippen LogP contribution in [0.25, 0.3) is 0 Å². The van der Waals surface area contributed by atoms with Gasteiger partial charge in [-0.3, -0.25) is 19.1 Å². The maximum atomic E-state index is 13.2. The number of piperazine rings is 1. The molecule has 1 aliphatic rings. The SMILES string of the molecule is CCN1CCN(C(=O)c2cc(N(CCBr)CCOS(C)(=O)=O)c(C#N)cc2[N+](=O)[O-])CC1. The molecule has 1 saturated heterocycles. The molecule has 1 fully saturated rings. The smallest absolute Gasteiger partial charge is 0.283 e. The van der Waals surface area contributed by atoms with Crippen LogP contribution >= 0.6 is 15.9 Å². The first-order valence-corrected chi connectivity index (χ1v) is 12.9. The Hall–Kier alpha value is -2.27. The average molecular weight is 532 g/mol. The second-order valence-electron chi connectivity index (χ2n) is 7.18. The molecule has 0 spiro atoms. The van der Waals surface area contributed by atoms with Crippen LogP contribution < -0.4 is 4.90 Å². The van der Waals surface area contributed by atoms with Gasteiger partial charge in [-0.25, -0.2) is 0 Å². The number of likely N-dealkylation sites (N-methyl/N-ethyl adjacent to an activating group) is 1. The van der Waals surface area contributed by atoms with Gasteiger partial charge < -0.3 is 14.7 Å². The third-order valence-electron chi connectivity index (χ3n) is 5.12.